The molecule has 0 amide bonds. The number of hydrogen-bond donors (Lipinski definition) is 4. The van der Waals surface area contributed by atoms with Crippen LogP contribution in [0.2, 0.25) is 0 Å². The summed E-state index contributed by atoms with van der Waals surface area (Å²) in [7, 11) is 0. The highest BCUT2D eigenvalue weighted by Gasteiger charge is 2.19. The van der Waals surface area contributed by atoms with Crippen molar-refractivity contribution >= 4 is 0 Å². The molecule has 14 heavy (non-hydrogen) atoms. The Hall–Kier alpha value is -1.42. The predicted molar refractivity (Wildman–Crippen MR) is 51.4 cm³/mol. The number of phenolic OH excluding ortho intramolecular Hbond substituents is 3. The van der Waals surface area contributed by atoms with Crippen molar-refractivity contribution in [2.45, 2.75) is 18.9 Å². The standard InChI is InChI=1S/C10H13NO3/c12-8-4-6(5-9(13)10(8)14)7-2-1-3-11-7/h4-5,7,11-14H,1-3H2/t7-/m1/s1. The lowest BCUT2D eigenvalue weighted by Crippen LogP contribution is -2.12. The number of aromatic hydroxyl groups is 3. The lowest BCUT2D eigenvalue weighted by Gasteiger charge is -2.12. The summed E-state index contributed by atoms with van der Waals surface area (Å²) in [6.45, 7) is 0.951. The smallest absolute Gasteiger partial charge is 0.200 e. The molecule has 2 rings (SSSR count). The van der Waals surface area contributed by atoms with E-state index in [0.717, 1.165) is 24.9 Å². The fourth-order valence-corrected chi connectivity index (χ4v) is 1.80. The Morgan fingerprint density at radius 2 is 1.79 bits per heavy atom. The second kappa shape index (κ2) is 3.38. The number of benzene rings is 1. The van der Waals surface area contributed by atoms with Crippen LogP contribution in [0.4, 0.5) is 0 Å². The third-order valence-electron chi connectivity index (χ3n) is 2.55. The average molecular weight is 195 g/mol. The van der Waals surface area contributed by atoms with E-state index in [0.29, 0.717) is 0 Å². The van der Waals surface area contributed by atoms with Crippen LogP contribution in [0.15, 0.2) is 12.1 Å². The van der Waals surface area contributed by atoms with Crippen molar-refractivity contribution in [2.75, 3.05) is 6.54 Å². The van der Waals surface area contributed by atoms with Gasteiger partial charge in [-0.05, 0) is 37.1 Å². The molecule has 4 N–H and O–H groups in total. The van der Waals surface area contributed by atoms with Crippen LogP contribution in [0, 0.1) is 0 Å². The summed E-state index contributed by atoms with van der Waals surface area (Å²) in [5.41, 5.74) is 0.815. The van der Waals surface area contributed by atoms with Crippen LogP contribution in [0.1, 0.15) is 24.4 Å². The molecule has 1 fully saturated rings. The molecule has 1 atom stereocenters. The Balaban J connectivity index is 2.34. The van der Waals surface area contributed by atoms with Crippen LogP contribution in [0.5, 0.6) is 17.2 Å². The maximum atomic E-state index is 9.30. The molecular weight excluding hydrogens is 182 g/mol. The molecular formula is C10H13NO3. The first kappa shape index (κ1) is 9.15. The van der Waals surface area contributed by atoms with Gasteiger partial charge in [0.1, 0.15) is 0 Å². The maximum Gasteiger partial charge on any atom is 0.200 e. The van der Waals surface area contributed by atoms with Crippen molar-refractivity contribution in [1.82, 2.24) is 5.32 Å². The van der Waals surface area contributed by atoms with Gasteiger partial charge >= 0.3 is 0 Å². The molecule has 1 aromatic rings. The van der Waals surface area contributed by atoms with Crippen LogP contribution < -0.4 is 5.32 Å². The van der Waals surface area contributed by atoms with E-state index in [1.54, 1.807) is 0 Å². The molecule has 1 aliphatic rings. The SMILES string of the molecule is Oc1cc([C@H]2CCCN2)cc(O)c1O. The molecule has 4 nitrogen and oxygen atoms in total. The van der Waals surface area contributed by atoms with E-state index in [-0.39, 0.29) is 17.5 Å². The van der Waals surface area contributed by atoms with Crippen molar-refractivity contribution < 1.29 is 15.3 Å². The summed E-state index contributed by atoms with van der Waals surface area (Å²) >= 11 is 0. The molecule has 0 aliphatic carbocycles. The molecule has 4 heteroatoms. The molecule has 0 bridgehead atoms. The first-order valence-corrected chi connectivity index (χ1v) is 4.66. The van der Waals surface area contributed by atoms with Gasteiger partial charge in [-0.15, -0.1) is 0 Å². The zero-order valence-electron chi connectivity index (χ0n) is 7.70. The van der Waals surface area contributed by atoms with Crippen LogP contribution in [-0.2, 0) is 0 Å². The molecule has 1 aromatic carbocycles. The number of phenols is 3. The van der Waals surface area contributed by atoms with Gasteiger partial charge in [0.15, 0.2) is 17.2 Å². The van der Waals surface area contributed by atoms with Crippen molar-refractivity contribution in [1.29, 1.82) is 0 Å². The Morgan fingerprint density at radius 3 is 2.29 bits per heavy atom. The van der Waals surface area contributed by atoms with Gasteiger partial charge in [0.25, 0.3) is 0 Å². The third-order valence-corrected chi connectivity index (χ3v) is 2.55. The molecule has 76 valence electrons. The van der Waals surface area contributed by atoms with Gasteiger partial charge in [-0.2, -0.15) is 0 Å². The molecule has 1 heterocycles. The first-order valence-electron chi connectivity index (χ1n) is 4.66. The van der Waals surface area contributed by atoms with E-state index in [2.05, 4.69) is 5.32 Å². The molecule has 0 radical (unpaired) electrons. The molecule has 0 unspecified atom stereocenters. The number of rotatable bonds is 1. The zero-order valence-corrected chi connectivity index (χ0v) is 7.70. The second-order valence-corrected chi connectivity index (χ2v) is 3.56. The third kappa shape index (κ3) is 1.48. The predicted octanol–water partition coefficient (Wildman–Crippen LogP) is 1.23. The van der Waals surface area contributed by atoms with E-state index in [4.69, 9.17) is 5.11 Å². The minimum atomic E-state index is -0.452. The summed E-state index contributed by atoms with van der Waals surface area (Å²) in [5, 5.41) is 31.0. The monoisotopic (exact) mass is 195 g/mol. The van der Waals surface area contributed by atoms with Crippen molar-refractivity contribution in [3.8, 4) is 17.2 Å². The number of nitrogens with one attached hydrogen (secondary N) is 1. The van der Waals surface area contributed by atoms with Gasteiger partial charge in [0.2, 0.25) is 0 Å². The fraction of sp³-hybridized carbons (Fsp3) is 0.400. The molecule has 0 spiro atoms. The van der Waals surface area contributed by atoms with Gasteiger partial charge in [0, 0.05) is 6.04 Å². The number of hydrogen-bond acceptors (Lipinski definition) is 4. The van der Waals surface area contributed by atoms with Gasteiger partial charge < -0.3 is 20.6 Å². The van der Waals surface area contributed by atoms with Gasteiger partial charge in [-0.25, -0.2) is 0 Å². The van der Waals surface area contributed by atoms with Crippen LogP contribution in [0.3, 0.4) is 0 Å². The maximum absolute atomic E-state index is 9.30. The summed E-state index contributed by atoms with van der Waals surface area (Å²) < 4.78 is 0. The van der Waals surface area contributed by atoms with E-state index in [1.165, 1.54) is 12.1 Å². The molecule has 0 aromatic heterocycles. The Morgan fingerprint density at radius 1 is 1.14 bits per heavy atom. The van der Waals surface area contributed by atoms with Crippen molar-refractivity contribution in [3.63, 3.8) is 0 Å². The van der Waals surface area contributed by atoms with E-state index in [1.807, 2.05) is 0 Å². The Labute approximate surface area is 81.8 Å². The topological polar surface area (TPSA) is 72.7 Å². The fourth-order valence-electron chi connectivity index (χ4n) is 1.80. The largest absolute Gasteiger partial charge is 0.504 e. The highest BCUT2D eigenvalue weighted by atomic mass is 16.3. The summed E-state index contributed by atoms with van der Waals surface area (Å²) in [6.07, 6.45) is 2.08. The average Bonchev–Trinajstić information content (AvgIpc) is 2.66. The van der Waals surface area contributed by atoms with Gasteiger partial charge in [-0.1, -0.05) is 0 Å². The first-order chi connectivity index (χ1) is 6.68. The van der Waals surface area contributed by atoms with Gasteiger partial charge in [-0.3, -0.25) is 0 Å². The molecule has 1 aliphatic heterocycles. The lowest BCUT2D eigenvalue weighted by atomic mass is 10.0. The van der Waals surface area contributed by atoms with E-state index in [9.17, 15) is 10.2 Å². The minimum absolute atomic E-state index is 0.174. The summed E-state index contributed by atoms with van der Waals surface area (Å²) in [4.78, 5) is 0. The summed E-state index contributed by atoms with van der Waals surface area (Å²) in [5.74, 6) is -0.992. The second-order valence-electron chi connectivity index (χ2n) is 3.56. The van der Waals surface area contributed by atoms with E-state index < -0.39 is 5.75 Å². The van der Waals surface area contributed by atoms with Crippen LogP contribution >= 0.6 is 0 Å². The normalized spacial score (nSPS) is 21.3. The minimum Gasteiger partial charge on any atom is -0.504 e. The van der Waals surface area contributed by atoms with E-state index >= 15 is 0 Å². The zero-order chi connectivity index (χ0) is 10.1. The van der Waals surface area contributed by atoms with Gasteiger partial charge in [0.05, 0.1) is 0 Å². The molecule has 1 saturated heterocycles. The lowest BCUT2D eigenvalue weighted by molar-refractivity contribution is 0.366. The highest BCUT2D eigenvalue weighted by Crippen LogP contribution is 2.38. The van der Waals surface area contributed by atoms with Crippen molar-refractivity contribution in [3.05, 3.63) is 17.7 Å². The quantitative estimate of drug-likeness (QED) is 0.508. The Kier molecular flexibility index (Phi) is 2.21. The molecule has 0 saturated carbocycles. The van der Waals surface area contributed by atoms with Crippen molar-refractivity contribution in [2.24, 2.45) is 0 Å². The van der Waals surface area contributed by atoms with Crippen LogP contribution in [0.25, 0.3) is 0 Å². The van der Waals surface area contributed by atoms with Crippen LogP contribution in [-0.4, -0.2) is 21.9 Å². The highest BCUT2D eigenvalue weighted by molar-refractivity contribution is 5.51. The summed E-state index contributed by atoms with van der Waals surface area (Å²) in [6, 6.07) is 3.14. The Bertz CT molecular complexity index is 322.